The van der Waals surface area contributed by atoms with Crippen LogP contribution in [0.5, 0.6) is 0 Å². The van der Waals surface area contributed by atoms with Gasteiger partial charge in [0.1, 0.15) is 0 Å². The number of anilines is 1. The van der Waals surface area contributed by atoms with Gasteiger partial charge in [0.15, 0.2) is 0 Å². The van der Waals surface area contributed by atoms with E-state index in [4.69, 9.17) is 0 Å². The van der Waals surface area contributed by atoms with E-state index < -0.39 is 0 Å². The fourth-order valence-electron chi connectivity index (χ4n) is 2.83. The Balaban J connectivity index is 1.54. The van der Waals surface area contributed by atoms with Crippen molar-refractivity contribution in [2.75, 3.05) is 24.5 Å². The van der Waals surface area contributed by atoms with Crippen LogP contribution in [0, 0.1) is 6.92 Å². The van der Waals surface area contributed by atoms with Crippen LogP contribution < -0.4 is 10.2 Å². The van der Waals surface area contributed by atoms with Gasteiger partial charge in [0, 0.05) is 30.9 Å². The number of nitrogens with one attached hydrogen (secondary N) is 1. The van der Waals surface area contributed by atoms with Crippen molar-refractivity contribution >= 4 is 11.6 Å². The van der Waals surface area contributed by atoms with Crippen LogP contribution in [-0.4, -0.2) is 25.5 Å². The van der Waals surface area contributed by atoms with Crippen LogP contribution >= 0.6 is 0 Å². The van der Waals surface area contributed by atoms with E-state index in [9.17, 15) is 4.79 Å². The molecule has 0 saturated carbocycles. The Kier molecular flexibility index (Phi) is 3.91. The summed E-state index contributed by atoms with van der Waals surface area (Å²) >= 11 is 0. The second kappa shape index (κ2) is 6.00. The number of fused-ring (bicyclic) bond motifs is 1. The first-order valence-electron chi connectivity index (χ1n) is 7.42. The lowest BCUT2D eigenvalue weighted by atomic mass is 10.1. The zero-order valence-electron chi connectivity index (χ0n) is 12.3. The molecular weight excluding hydrogens is 260 g/mol. The SMILES string of the molecule is Cc1cccc(C(=O)NCCN2CCc3ccccc32)c1. The van der Waals surface area contributed by atoms with Crippen LogP contribution in [0.1, 0.15) is 21.5 Å². The van der Waals surface area contributed by atoms with Gasteiger partial charge in [-0.2, -0.15) is 0 Å². The number of carbonyl (C=O) groups is 1. The molecule has 0 atom stereocenters. The van der Waals surface area contributed by atoms with Gasteiger partial charge in [-0.3, -0.25) is 4.79 Å². The molecule has 1 N–H and O–H groups in total. The molecule has 1 aliphatic heterocycles. The minimum atomic E-state index is 0.00572. The molecule has 0 unspecified atom stereocenters. The highest BCUT2D eigenvalue weighted by molar-refractivity contribution is 5.94. The van der Waals surface area contributed by atoms with Crippen LogP contribution in [-0.2, 0) is 6.42 Å². The second-order valence-corrected chi connectivity index (χ2v) is 5.49. The Labute approximate surface area is 125 Å². The van der Waals surface area contributed by atoms with Crippen molar-refractivity contribution in [3.05, 3.63) is 65.2 Å². The normalized spacial score (nSPS) is 13.1. The third-order valence-corrected chi connectivity index (χ3v) is 3.93. The minimum Gasteiger partial charge on any atom is -0.369 e. The molecule has 3 rings (SSSR count). The maximum absolute atomic E-state index is 12.1. The molecular formula is C18H20N2O. The molecule has 0 radical (unpaired) electrons. The van der Waals surface area contributed by atoms with Crippen molar-refractivity contribution in [2.24, 2.45) is 0 Å². The molecule has 0 spiro atoms. The monoisotopic (exact) mass is 280 g/mol. The van der Waals surface area contributed by atoms with E-state index >= 15 is 0 Å². The molecule has 108 valence electrons. The van der Waals surface area contributed by atoms with Gasteiger partial charge >= 0.3 is 0 Å². The highest BCUT2D eigenvalue weighted by Gasteiger charge is 2.17. The maximum atomic E-state index is 12.1. The summed E-state index contributed by atoms with van der Waals surface area (Å²) in [4.78, 5) is 14.4. The lowest BCUT2D eigenvalue weighted by Gasteiger charge is -2.19. The molecule has 0 aromatic heterocycles. The molecule has 0 aliphatic carbocycles. The van der Waals surface area contributed by atoms with E-state index in [1.165, 1.54) is 11.3 Å². The maximum Gasteiger partial charge on any atom is 0.251 e. The molecule has 1 heterocycles. The van der Waals surface area contributed by atoms with Crippen molar-refractivity contribution in [3.63, 3.8) is 0 Å². The fourth-order valence-corrected chi connectivity index (χ4v) is 2.83. The number of hydrogen-bond acceptors (Lipinski definition) is 2. The third-order valence-electron chi connectivity index (χ3n) is 3.93. The van der Waals surface area contributed by atoms with Crippen LogP contribution in [0.3, 0.4) is 0 Å². The second-order valence-electron chi connectivity index (χ2n) is 5.49. The predicted octanol–water partition coefficient (Wildman–Crippen LogP) is 2.79. The Morgan fingerprint density at radius 2 is 2.05 bits per heavy atom. The quantitative estimate of drug-likeness (QED) is 0.934. The Morgan fingerprint density at radius 1 is 1.19 bits per heavy atom. The summed E-state index contributed by atoms with van der Waals surface area (Å²) in [5.41, 5.74) is 4.55. The van der Waals surface area contributed by atoms with E-state index in [-0.39, 0.29) is 5.91 Å². The third kappa shape index (κ3) is 3.07. The first-order chi connectivity index (χ1) is 10.2. The van der Waals surface area contributed by atoms with E-state index in [0.717, 1.165) is 30.6 Å². The summed E-state index contributed by atoms with van der Waals surface area (Å²) in [6, 6.07) is 16.2. The molecule has 21 heavy (non-hydrogen) atoms. The Morgan fingerprint density at radius 3 is 2.90 bits per heavy atom. The number of hydrogen-bond donors (Lipinski definition) is 1. The van der Waals surface area contributed by atoms with Gasteiger partial charge in [0.05, 0.1) is 0 Å². The first-order valence-corrected chi connectivity index (χ1v) is 7.42. The Hall–Kier alpha value is -2.29. The zero-order chi connectivity index (χ0) is 14.7. The van der Waals surface area contributed by atoms with Crippen molar-refractivity contribution in [1.29, 1.82) is 0 Å². The first kappa shape index (κ1) is 13.7. The molecule has 3 nitrogen and oxygen atoms in total. The highest BCUT2D eigenvalue weighted by Crippen LogP contribution is 2.26. The number of para-hydroxylation sites is 1. The number of amides is 1. The van der Waals surface area contributed by atoms with Gasteiger partial charge in [0.2, 0.25) is 0 Å². The van der Waals surface area contributed by atoms with Gasteiger partial charge in [-0.05, 0) is 37.1 Å². The fraction of sp³-hybridized carbons (Fsp3) is 0.278. The smallest absolute Gasteiger partial charge is 0.251 e. The summed E-state index contributed by atoms with van der Waals surface area (Å²) in [5, 5.41) is 3.00. The standard InChI is InChI=1S/C18H20N2O/c1-14-5-4-7-16(13-14)18(21)19-10-12-20-11-9-15-6-2-3-8-17(15)20/h2-8,13H,9-12H2,1H3,(H,19,21). The molecule has 2 aromatic rings. The predicted molar refractivity (Wildman–Crippen MR) is 85.9 cm³/mol. The average Bonchev–Trinajstić information content (AvgIpc) is 2.91. The van der Waals surface area contributed by atoms with Crippen molar-refractivity contribution in [2.45, 2.75) is 13.3 Å². The zero-order valence-corrected chi connectivity index (χ0v) is 12.3. The number of carbonyl (C=O) groups excluding carboxylic acids is 1. The molecule has 1 amide bonds. The van der Waals surface area contributed by atoms with E-state index in [2.05, 4.69) is 34.5 Å². The van der Waals surface area contributed by atoms with Gasteiger partial charge in [-0.25, -0.2) is 0 Å². The van der Waals surface area contributed by atoms with Gasteiger partial charge in [-0.1, -0.05) is 35.9 Å². The summed E-state index contributed by atoms with van der Waals surface area (Å²) in [7, 11) is 0. The summed E-state index contributed by atoms with van der Waals surface area (Å²) in [6.07, 6.45) is 1.10. The number of aryl methyl sites for hydroxylation is 1. The number of rotatable bonds is 4. The topological polar surface area (TPSA) is 32.3 Å². The van der Waals surface area contributed by atoms with Gasteiger partial charge in [0.25, 0.3) is 5.91 Å². The van der Waals surface area contributed by atoms with Crippen molar-refractivity contribution < 1.29 is 4.79 Å². The molecule has 2 aromatic carbocycles. The van der Waals surface area contributed by atoms with E-state index in [1.54, 1.807) is 0 Å². The average molecular weight is 280 g/mol. The largest absolute Gasteiger partial charge is 0.369 e. The van der Waals surface area contributed by atoms with E-state index in [1.807, 2.05) is 31.2 Å². The van der Waals surface area contributed by atoms with Crippen molar-refractivity contribution in [1.82, 2.24) is 5.32 Å². The van der Waals surface area contributed by atoms with Crippen LogP contribution in [0.25, 0.3) is 0 Å². The molecule has 0 bridgehead atoms. The van der Waals surface area contributed by atoms with Crippen molar-refractivity contribution in [3.8, 4) is 0 Å². The number of nitrogens with zero attached hydrogens (tertiary/aromatic N) is 1. The molecule has 0 saturated heterocycles. The van der Waals surface area contributed by atoms with Crippen LogP contribution in [0.15, 0.2) is 48.5 Å². The minimum absolute atomic E-state index is 0.00572. The molecule has 1 aliphatic rings. The Bertz CT molecular complexity index is 651. The highest BCUT2D eigenvalue weighted by atomic mass is 16.1. The number of benzene rings is 2. The summed E-state index contributed by atoms with van der Waals surface area (Å²) in [6.45, 7) is 4.56. The van der Waals surface area contributed by atoms with E-state index in [0.29, 0.717) is 6.54 Å². The van der Waals surface area contributed by atoms with Crippen LogP contribution in [0.4, 0.5) is 5.69 Å². The molecule has 0 fully saturated rings. The van der Waals surface area contributed by atoms with Gasteiger partial charge in [-0.15, -0.1) is 0 Å². The summed E-state index contributed by atoms with van der Waals surface area (Å²) < 4.78 is 0. The van der Waals surface area contributed by atoms with Gasteiger partial charge < -0.3 is 10.2 Å². The lowest BCUT2D eigenvalue weighted by Crippen LogP contribution is -2.34. The lowest BCUT2D eigenvalue weighted by molar-refractivity contribution is 0.0954. The summed E-state index contributed by atoms with van der Waals surface area (Å²) in [5.74, 6) is 0.00572. The molecule has 3 heteroatoms. The van der Waals surface area contributed by atoms with Crippen LogP contribution in [0.2, 0.25) is 0 Å².